The van der Waals surface area contributed by atoms with E-state index in [1.165, 1.54) is 22.9 Å². The number of anilines is 1. The van der Waals surface area contributed by atoms with Crippen molar-refractivity contribution >= 4 is 44.6 Å². The smallest absolute Gasteiger partial charge is 0.321 e. The van der Waals surface area contributed by atoms with E-state index in [9.17, 15) is 26.4 Å². The van der Waals surface area contributed by atoms with Crippen molar-refractivity contribution in [1.82, 2.24) is 4.72 Å². The molecule has 1 aromatic heterocycles. The number of sulfonamides is 1. The zero-order chi connectivity index (χ0) is 18.0. The fourth-order valence-corrected chi connectivity index (χ4v) is 3.56. The minimum absolute atomic E-state index is 0.291. The van der Waals surface area contributed by atoms with Crippen LogP contribution in [0.25, 0.3) is 0 Å². The first-order valence-corrected chi connectivity index (χ1v) is 8.98. The molecule has 0 unspecified atom stereocenters. The predicted octanol–water partition coefficient (Wildman–Crippen LogP) is 3.49. The van der Waals surface area contributed by atoms with Gasteiger partial charge in [0.1, 0.15) is 6.54 Å². The summed E-state index contributed by atoms with van der Waals surface area (Å²) in [5, 5.41) is 2.52. The largest absolute Gasteiger partial charge is 0.402 e. The van der Waals surface area contributed by atoms with Gasteiger partial charge in [0.2, 0.25) is 10.0 Å². The van der Waals surface area contributed by atoms with Crippen LogP contribution in [-0.4, -0.2) is 27.0 Å². The van der Waals surface area contributed by atoms with Gasteiger partial charge in [-0.2, -0.15) is 13.2 Å². The number of hydrogen-bond donors (Lipinski definition) is 2. The number of carbonyl (C=O) groups excluding carboxylic acids is 1. The molecule has 0 saturated carbocycles. The summed E-state index contributed by atoms with van der Waals surface area (Å²) >= 11 is 6.80. The average molecular weight is 399 g/mol. The van der Waals surface area contributed by atoms with Crippen molar-refractivity contribution in [2.45, 2.75) is 11.1 Å². The average Bonchev–Trinajstić information content (AvgIpc) is 2.92. The van der Waals surface area contributed by atoms with Crippen molar-refractivity contribution in [1.29, 1.82) is 0 Å². The molecular formula is C13H10ClF3N2O3S2. The van der Waals surface area contributed by atoms with Crippen molar-refractivity contribution < 1.29 is 26.4 Å². The fourth-order valence-electron chi connectivity index (χ4n) is 1.61. The Bertz CT molecular complexity index is 833. The van der Waals surface area contributed by atoms with Crippen LogP contribution in [0.2, 0.25) is 4.34 Å². The second-order valence-corrected chi connectivity index (χ2v) is 8.00. The van der Waals surface area contributed by atoms with E-state index in [0.29, 0.717) is 14.9 Å². The molecule has 0 fully saturated rings. The van der Waals surface area contributed by atoms with Gasteiger partial charge in [-0.3, -0.25) is 4.79 Å². The number of alkyl halides is 3. The van der Waals surface area contributed by atoms with Crippen molar-refractivity contribution in [3.05, 3.63) is 45.6 Å². The molecule has 5 nitrogen and oxygen atoms in total. The predicted molar refractivity (Wildman–Crippen MR) is 85.0 cm³/mol. The van der Waals surface area contributed by atoms with Crippen LogP contribution in [0.15, 0.2) is 41.3 Å². The number of carbonyl (C=O) groups is 1. The first-order valence-electron chi connectivity index (χ1n) is 6.30. The lowest BCUT2D eigenvalue weighted by Crippen LogP contribution is -2.33. The van der Waals surface area contributed by atoms with Crippen LogP contribution in [0.5, 0.6) is 0 Å². The van der Waals surface area contributed by atoms with Crippen LogP contribution < -0.4 is 10.0 Å². The molecule has 0 saturated heterocycles. The van der Waals surface area contributed by atoms with Crippen molar-refractivity contribution in [2.24, 2.45) is 0 Å². The van der Waals surface area contributed by atoms with E-state index in [-0.39, 0.29) is 4.90 Å². The van der Waals surface area contributed by atoms with Gasteiger partial charge in [0.05, 0.1) is 14.1 Å². The van der Waals surface area contributed by atoms with Gasteiger partial charge in [-0.25, -0.2) is 13.1 Å². The maximum Gasteiger partial charge on any atom is 0.402 e. The summed E-state index contributed by atoms with van der Waals surface area (Å²) in [6.07, 6.45) is -4.65. The molecule has 0 radical (unpaired) electrons. The molecular weight excluding hydrogens is 389 g/mol. The third-order valence-corrected chi connectivity index (χ3v) is 5.33. The first kappa shape index (κ1) is 18.7. The maximum absolute atomic E-state index is 12.1. The quantitative estimate of drug-likeness (QED) is 0.809. The third-order valence-electron chi connectivity index (χ3n) is 2.68. The van der Waals surface area contributed by atoms with Gasteiger partial charge in [0.25, 0.3) is 5.91 Å². The molecule has 1 amide bonds. The molecule has 24 heavy (non-hydrogen) atoms. The lowest BCUT2D eigenvalue weighted by molar-refractivity contribution is -0.121. The summed E-state index contributed by atoms with van der Waals surface area (Å²) in [4.78, 5) is 11.9. The van der Waals surface area contributed by atoms with Gasteiger partial charge < -0.3 is 5.32 Å². The Balaban J connectivity index is 2.06. The molecule has 2 N–H and O–H groups in total. The standard InChI is InChI=1S/C13H10ClF3N2O3S2/c14-11-6-5-10(23-11)12(20)19-8-1-3-9(4-2-8)24(21,22)18-7-13(15,16)17/h1-6,18H,7H2,(H,19,20). The van der Waals surface area contributed by atoms with Gasteiger partial charge in [0, 0.05) is 5.69 Å². The topological polar surface area (TPSA) is 75.3 Å². The number of hydrogen-bond acceptors (Lipinski definition) is 4. The summed E-state index contributed by atoms with van der Waals surface area (Å²) in [6, 6.07) is 7.82. The fraction of sp³-hybridized carbons (Fsp3) is 0.154. The summed E-state index contributed by atoms with van der Waals surface area (Å²) in [6.45, 7) is -1.66. The molecule has 0 bridgehead atoms. The number of halogens is 4. The van der Waals surface area contributed by atoms with Crippen LogP contribution in [0.1, 0.15) is 9.67 Å². The Morgan fingerprint density at radius 1 is 1.12 bits per heavy atom. The summed E-state index contributed by atoms with van der Waals surface area (Å²) in [5.41, 5.74) is 0.291. The van der Waals surface area contributed by atoms with Gasteiger partial charge in [-0.15, -0.1) is 11.3 Å². The van der Waals surface area contributed by atoms with E-state index < -0.39 is 28.7 Å². The van der Waals surface area contributed by atoms with Gasteiger partial charge in [0.15, 0.2) is 0 Å². The Labute approximate surface area is 144 Å². The molecule has 11 heteroatoms. The number of rotatable bonds is 5. The van der Waals surface area contributed by atoms with Crippen molar-refractivity contribution in [3.8, 4) is 0 Å². The highest BCUT2D eigenvalue weighted by Gasteiger charge is 2.30. The minimum atomic E-state index is -4.65. The third kappa shape index (κ3) is 5.20. The molecule has 0 atom stereocenters. The molecule has 0 aliphatic carbocycles. The molecule has 2 rings (SSSR count). The molecule has 1 heterocycles. The van der Waals surface area contributed by atoms with Crippen LogP contribution in [-0.2, 0) is 10.0 Å². The molecule has 0 aliphatic heterocycles. The van der Waals surface area contributed by atoms with E-state index in [1.54, 1.807) is 6.07 Å². The number of benzene rings is 1. The second-order valence-electron chi connectivity index (χ2n) is 4.52. The monoisotopic (exact) mass is 398 g/mol. The van der Waals surface area contributed by atoms with Crippen LogP contribution in [0.4, 0.5) is 18.9 Å². The zero-order valence-corrected chi connectivity index (χ0v) is 14.1. The van der Waals surface area contributed by atoms with Crippen molar-refractivity contribution in [2.75, 3.05) is 11.9 Å². The van der Waals surface area contributed by atoms with E-state index in [0.717, 1.165) is 23.5 Å². The van der Waals surface area contributed by atoms with E-state index in [4.69, 9.17) is 11.6 Å². The molecule has 1 aromatic carbocycles. The number of thiophene rings is 1. The highest BCUT2D eigenvalue weighted by molar-refractivity contribution is 7.89. The number of amides is 1. The lowest BCUT2D eigenvalue weighted by atomic mass is 10.3. The van der Waals surface area contributed by atoms with E-state index in [2.05, 4.69) is 5.32 Å². The van der Waals surface area contributed by atoms with Gasteiger partial charge in [-0.05, 0) is 36.4 Å². The number of nitrogens with one attached hydrogen (secondary N) is 2. The second kappa shape index (κ2) is 7.09. The highest BCUT2D eigenvalue weighted by atomic mass is 35.5. The van der Waals surface area contributed by atoms with Crippen LogP contribution in [0.3, 0.4) is 0 Å². The first-order chi connectivity index (χ1) is 11.1. The Hall–Kier alpha value is -1.62. The summed E-state index contributed by atoms with van der Waals surface area (Å²) in [5.74, 6) is -0.433. The van der Waals surface area contributed by atoms with Crippen LogP contribution >= 0.6 is 22.9 Å². The normalized spacial score (nSPS) is 12.2. The summed E-state index contributed by atoms with van der Waals surface area (Å²) < 4.78 is 61.6. The molecule has 0 aliphatic rings. The molecule has 2 aromatic rings. The van der Waals surface area contributed by atoms with E-state index in [1.807, 2.05) is 0 Å². The maximum atomic E-state index is 12.1. The van der Waals surface area contributed by atoms with E-state index >= 15 is 0 Å². The minimum Gasteiger partial charge on any atom is -0.321 e. The highest BCUT2D eigenvalue weighted by Crippen LogP contribution is 2.23. The lowest BCUT2D eigenvalue weighted by Gasteiger charge is -2.10. The van der Waals surface area contributed by atoms with Gasteiger partial charge >= 0.3 is 6.18 Å². The Kier molecular flexibility index (Phi) is 5.53. The SMILES string of the molecule is O=C(Nc1ccc(S(=O)(=O)NCC(F)(F)F)cc1)c1ccc(Cl)s1. The molecule has 130 valence electrons. The molecule has 0 spiro atoms. The summed E-state index contributed by atoms with van der Waals surface area (Å²) in [7, 11) is -4.29. The van der Waals surface area contributed by atoms with Crippen molar-refractivity contribution in [3.63, 3.8) is 0 Å². The van der Waals surface area contributed by atoms with Crippen LogP contribution in [0, 0.1) is 0 Å². The Morgan fingerprint density at radius 2 is 1.75 bits per heavy atom. The zero-order valence-electron chi connectivity index (χ0n) is 11.7. The van der Waals surface area contributed by atoms with Gasteiger partial charge in [-0.1, -0.05) is 11.6 Å². The Morgan fingerprint density at radius 3 is 2.25 bits per heavy atom.